The number of allylic oxidation sites excluding steroid dienone is 4. The van der Waals surface area contributed by atoms with Crippen LogP contribution in [0.15, 0.2) is 36.0 Å². The van der Waals surface area contributed by atoms with E-state index in [1.165, 1.54) is 18.4 Å². The SMILES string of the molecule is C=C1C(=O)O[C@@H]2C[C@]1(C)OC[C@H]2[C@H]1CC[C@H]2[C@@H]3CC=C4C=CCC(=O)[C@]4(C)[C@@H]3CC[C@]12C. The molecule has 2 saturated carbocycles. The minimum absolute atomic E-state index is 0.0644. The second-order valence-electron chi connectivity index (χ2n) is 12.1. The van der Waals surface area contributed by atoms with E-state index < -0.39 is 5.60 Å². The van der Waals surface area contributed by atoms with Crippen LogP contribution in [0.25, 0.3) is 0 Å². The molecule has 0 N–H and O–H groups in total. The molecule has 0 aromatic heterocycles. The summed E-state index contributed by atoms with van der Waals surface area (Å²) in [5.74, 6) is 2.55. The van der Waals surface area contributed by atoms with Crippen molar-refractivity contribution in [1.29, 1.82) is 0 Å². The van der Waals surface area contributed by atoms with Crippen molar-refractivity contribution in [3.8, 4) is 0 Å². The van der Waals surface area contributed by atoms with E-state index in [9.17, 15) is 9.59 Å². The van der Waals surface area contributed by atoms with Crippen LogP contribution >= 0.6 is 0 Å². The van der Waals surface area contributed by atoms with Crippen molar-refractivity contribution in [1.82, 2.24) is 0 Å². The van der Waals surface area contributed by atoms with Crippen LogP contribution in [0.1, 0.15) is 65.7 Å². The van der Waals surface area contributed by atoms with E-state index in [4.69, 9.17) is 9.47 Å². The average molecular weight is 437 g/mol. The van der Waals surface area contributed by atoms with Gasteiger partial charge in [0, 0.05) is 18.8 Å². The molecule has 2 heterocycles. The molecule has 0 amide bonds. The summed E-state index contributed by atoms with van der Waals surface area (Å²) >= 11 is 0. The third-order valence-corrected chi connectivity index (χ3v) is 11.0. The number of carbonyl (C=O) groups is 2. The Hall–Kier alpha value is -1.68. The zero-order valence-electron chi connectivity index (χ0n) is 19.7. The minimum Gasteiger partial charge on any atom is -0.458 e. The van der Waals surface area contributed by atoms with E-state index in [2.05, 4.69) is 32.6 Å². The molecule has 4 nitrogen and oxygen atoms in total. The van der Waals surface area contributed by atoms with Crippen LogP contribution in [0.5, 0.6) is 0 Å². The summed E-state index contributed by atoms with van der Waals surface area (Å²) in [6.45, 7) is 11.3. The van der Waals surface area contributed by atoms with E-state index in [0.717, 1.165) is 25.7 Å². The predicted octanol–water partition coefficient (Wildman–Crippen LogP) is 5.19. The Balaban J connectivity index is 1.29. The summed E-state index contributed by atoms with van der Waals surface area (Å²) in [7, 11) is 0. The number of Topliss-reactive ketones (excluding diaryl/α,β-unsaturated/α-hetero) is 1. The largest absolute Gasteiger partial charge is 0.458 e. The highest BCUT2D eigenvalue weighted by atomic mass is 16.6. The number of ether oxygens (including phenoxy) is 2. The second-order valence-corrected chi connectivity index (χ2v) is 12.1. The maximum Gasteiger partial charge on any atom is 0.336 e. The zero-order valence-corrected chi connectivity index (χ0v) is 19.7. The molecule has 2 aliphatic heterocycles. The third kappa shape index (κ3) is 2.53. The van der Waals surface area contributed by atoms with Crippen molar-refractivity contribution in [2.45, 2.75) is 77.4 Å². The molecule has 4 fully saturated rings. The van der Waals surface area contributed by atoms with Crippen LogP contribution in [-0.2, 0) is 19.1 Å². The number of fused-ring (bicyclic) bond motifs is 7. The molecule has 4 heteroatoms. The lowest BCUT2D eigenvalue weighted by atomic mass is 9.47. The Morgan fingerprint density at radius 1 is 1.03 bits per heavy atom. The van der Waals surface area contributed by atoms with Gasteiger partial charge in [0.15, 0.2) is 0 Å². The fourth-order valence-corrected chi connectivity index (χ4v) is 9.00. The number of hydrogen-bond donors (Lipinski definition) is 0. The first-order chi connectivity index (χ1) is 15.2. The highest BCUT2D eigenvalue weighted by molar-refractivity contribution is 5.92. The minimum atomic E-state index is -0.568. The van der Waals surface area contributed by atoms with Crippen molar-refractivity contribution < 1.29 is 19.1 Å². The van der Waals surface area contributed by atoms with E-state index in [1.54, 1.807) is 0 Å². The highest BCUT2D eigenvalue weighted by Gasteiger charge is 2.62. The lowest BCUT2D eigenvalue weighted by Crippen LogP contribution is -2.57. The molecular weight excluding hydrogens is 400 g/mol. The fourth-order valence-electron chi connectivity index (χ4n) is 9.00. The number of carbonyl (C=O) groups excluding carboxylic acids is 2. The molecular formula is C28H36O4. The van der Waals surface area contributed by atoms with Crippen molar-refractivity contribution in [3.05, 3.63) is 36.0 Å². The Morgan fingerprint density at radius 3 is 2.56 bits per heavy atom. The van der Waals surface area contributed by atoms with Crippen LogP contribution in [0, 0.1) is 40.4 Å². The van der Waals surface area contributed by atoms with Crippen molar-refractivity contribution in [2.75, 3.05) is 6.61 Å². The molecule has 6 aliphatic rings. The van der Waals surface area contributed by atoms with Gasteiger partial charge in [-0.1, -0.05) is 31.7 Å². The number of rotatable bonds is 1. The molecule has 0 radical (unpaired) electrons. The van der Waals surface area contributed by atoms with Crippen molar-refractivity contribution in [2.24, 2.45) is 40.4 Å². The molecule has 9 atom stereocenters. The summed E-state index contributed by atoms with van der Waals surface area (Å²) in [5.41, 5.74) is 1.08. The van der Waals surface area contributed by atoms with Gasteiger partial charge >= 0.3 is 5.97 Å². The Kier molecular flexibility index (Phi) is 4.36. The quantitative estimate of drug-likeness (QED) is 0.419. The Bertz CT molecular complexity index is 960. The number of esters is 1. The van der Waals surface area contributed by atoms with Gasteiger partial charge in [-0.15, -0.1) is 0 Å². The fraction of sp³-hybridized carbons (Fsp3) is 0.714. The van der Waals surface area contributed by atoms with Crippen LogP contribution < -0.4 is 0 Å². The first kappa shape index (κ1) is 20.9. The van der Waals surface area contributed by atoms with E-state index >= 15 is 0 Å². The summed E-state index contributed by atoms with van der Waals surface area (Å²) < 4.78 is 12.2. The van der Waals surface area contributed by atoms with Crippen molar-refractivity contribution in [3.63, 3.8) is 0 Å². The van der Waals surface area contributed by atoms with Gasteiger partial charge in [-0.25, -0.2) is 4.79 Å². The first-order valence-electron chi connectivity index (χ1n) is 12.6. The van der Waals surface area contributed by atoms with Crippen molar-refractivity contribution >= 4 is 11.8 Å². The lowest BCUT2D eigenvalue weighted by molar-refractivity contribution is -0.200. The summed E-state index contributed by atoms with van der Waals surface area (Å²) in [6.07, 6.45) is 13.6. The smallest absolute Gasteiger partial charge is 0.336 e. The van der Waals surface area contributed by atoms with E-state index in [1.807, 2.05) is 13.0 Å². The molecule has 172 valence electrons. The monoisotopic (exact) mass is 436 g/mol. The topological polar surface area (TPSA) is 52.6 Å². The molecule has 0 aromatic carbocycles. The molecule has 2 bridgehead atoms. The van der Waals surface area contributed by atoms with E-state index in [-0.39, 0.29) is 28.8 Å². The molecule has 2 saturated heterocycles. The summed E-state index contributed by atoms with van der Waals surface area (Å²) in [5, 5.41) is 0. The predicted molar refractivity (Wildman–Crippen MR) is 122 cm³/mol. The zero-order chi connectivity index (χ0) is 22.5. The summed E-state index contributed by atoms with van der Waals surface area (Å²) in [6, 6.07) is 0. The standard InChI is InChI=1S/C28H36O4/c1-16-25(30)32-23-14-27(16,3)31-15-19(23)21-11-10-20-18-9-8-17-6-5-7-24(29)28(17,4)22(18)12-13-26(20,21)2/h5-6,8,18-23H,1,7,9-15H2,2-4H3/t18-,19-,20-,21+,22+,23+,26-,27-,28-/m0/s1. The van der Waals surface area contributed by atoms with Gasteiger partial charge in [-0.2, -0.15) is 0 Å². The molecule has 32 heavy (non-hydrogen) atoms. The third-order valence-electron chi connectivity index (χ3n) is 11.0. The Morgan fingerprint density at radius 2 is 1.78 bits per heavy atom. The van der Waals surface area contributed by atoms with E-state index in [0.29, 0.717) is 48.1 Å². The normalized spacial score (nSPS) is 52.0. The van der Waals surface area contributed by atoms with Crippen LogP contribution in [0.3, 0.4) is 0 Å². The maximum absolute atomic E-state index is 13.1. The molecule has 0 unspecified atom stereocenters. The number of hydrogen-bond acceptors (Lipinski definition) is 4. The van der Waals surface area contributed by atoms with Gasteiger partial charge in [0.2, 0.25) is 0 Å². The van der Waals surface area contributed by atoms with Gasteiger partial charge in [0.1, 0.15) is 17.5 Å². The lowest BCUT2D eigenvalue weighted by Gasteiger charge is -2.57. The molecule has 6 rings (SSSR count). The second kappa shape index (κ2) is 6.68. The molecule has 0 spiro atoms. The summed E-state index contributed by atoms with van der Waals surface area (Å²) in [4.78, 5) is 25.6. The van der Waals surface area contributed by atoms with Crippen LogP contribution in [-0.4, -0.2) is 30.1 Å². The molecule has 4 aliphatic carbocycles. The Labute approximate surface area is 191 Å². The van der Waals surface area contributed by atoms with Gasteiger partial charge in [-0.3, -0.25) is 4.79 Å². The first-order valence-corrected chi connectivity index (χ1v) is 12.6. The van der Waals surface area contributed by atoms with Crippen LogP contribution in [0.4, 0.5) is 0 Å². The molecule has 0 aromatic rings. The number of ketones is 1. The van der Waals surface area contributed by atoms with Gasteiger partial charge in [-0.05, 0) is 80.6 Å². The maximum atomic E-state index is 13.1. The average Bonchev–Trinajstić information content (AvgIpc) is 3.10. The van der Waals surface area contributed by atoms with Gasteiger partial charge in [0.25, 0.3) is 0 Å². The van der Waals surface area contributed by atoms with Gasteiger partial charge < -0.3 is 9.47 Å². The van der Waals surface area contributed by atoms with Crippen LogP contribution in [0.2, 0.25) is 0 Å². The highest BCUT2D eigenvalue weighted by Crippen LogP contribution is 2.67. The van der Waals surface area contributed by atoms with Gasteiger partial charge in [0.05, 0.1) is 17.6 Å².